The summed E-state index contributed by atoms with van der Waals surface area (Å²) in [7, 11) is 0. The first-order chi connectivity index (χ1) is 7.49. The molecule has 2 aromatic rings. The molecule has 0 aromatic carbocycles. The Morgan fingerprint density at radius 2 is 2.00 bits per heavy atom. The molecule has 5 heteroatoms. The Hall–Kier alpha value is -2.17. The molecule has 2 aromatic heterocycles. The van der Waals surface area contributed by atoms with Gasteiger partial charge in [-0.05, 0) is 31.5 Å². The van der Waals surface area contributed by atoms with Crippen molar-refractivity contribution in [1.82, 2.24) is 9.97 Å². The minimum Gasteiger partial charge on any atom is -0.476 e. The zero-order valence-electron chi connectivity index (χ0n) is 8.98. The normalized spacial score (nSPS) is 10.6. The Kier molecular flexibility index (Phi) is 2.23. The Morgan fingerprint density at radius 3 is 2.62 bits per heavy atom. The van der Waals surface area contributed by atoms with Crippen LogP contribution in [0.5, 0.6) is 0 Å². The summed E-state index contributed by atoms with van der Waals surface area (Å²) in [6.07, 6.45) is 0. The Bertz CT molecular complexity index is 593. The highest BCUT2D eigenvalue weighted by Gasteiger charge is 2.13. The van der Waals surface area contributed by atoms with Crippen molar-refractivity contribution in [2.24, 2.45) is 0 Å². The van der Waals surface area contributed by atoms with E-state index in [0.29, 0.717) is 5.65 Å². The Morgan fingerprint density at radius 1 is 1.31 bits per heavy atom. The number of carbonyl (C=O) groups is 1. The van der Waals surface area contributed by atoms with E-state index in [4.69, 9.17) is 10.8 Å². The monoisotopic (exact) mass is 217 g/mol. The number of nitrogens with two attached hydrogens (primary N) is 1. The molecule has 0 atom stereocenters. The van der Waals surface area contributed by atoms with Crippen LogP contribution in [0.1, 0.15) is 21.7 Å². The maximum Gasteiger partial charge on any atom is 0.356 e. The molecule has 82 valence electrons. The number of hydrogen-bond donors (Lipinski definition) is 2. The molecule has 2 rings (SSSR count). The molecule has 0 saturated carbocycles. The van der Waals surface area contributed by atoms with E-state index in [1.807, 2.05) is 19.9 Å². The topological polar surface area (TPSA) is 89.1 Å². The van der Waals surface area contributed by atoms with Gasteiger partial charge in [0.2, 0.25) is 0 Å². The number of aryl methyl sites for hydroxylation is 2. The number of pyridine rings is 2. The van der Waals surface area contributed by atoms with Crippen LogP contribution in [-0.2, 0) is 0 Å². The summed E-state index contributed by atoms with van der Waals surface area (Å²) < 4.78 is 0. The van der Waals surface area contributed by atoms with Crippen LogP contribution in [0.15, 0.2) is 12.1 Å². The zero-order chi connectivity index (χ0) is 11.9. The molecular formula is C11H11N3O2. The number of hydrogen-bond acceptors (Lipinski definition) is 4. The molecule has 0 radical (unpaired) electrons. The fourth-order valence-electron chi connectivity index (χ4n) is 1.66. The maximum absolute atomic E-state index is 10.9. The first-order valence-electron chi connectivity index (χ1n) is 4.77. The number of nitrogen functional groups attached to an aromatic ring is 1. The molecule has 0 aliphatic heterocycles. The number of carboxylic acids is 1. The van der Waals surface area contributed by atoms with E-state index in [2.05, 4.69) is 9.97 Å². The molecule has 0 saturated heterocycles. The summed E-state index contributed by atoms with van der Waals surface area (Å²) in [5.74, 6) is -1.14. The number of rotatable bonds is 1. The second kappa shape index (κ2) is 3.44. The lowest BCUT2D eigenvalue weighted by atomic mass is 10.1. The molecular weight excluding hydrogens is 206 g/mol. The van der Waals surface area contributed by atoms with Crippen molar-refractivity contribution < 1.29 is 9.90 Å². The standard InChI is InChI=1S/C11H11N3O2/c1-5-3-6(2)13-10-7(5)4-8(12)9(14-10)11(15)16/h3-4H,12H2,1-2H3,(H,15,16). The lowest BCUT2D eigenvalue weighted by Crippen LogP contribution is -2.07. The number of aromatic carboxylic acids is 1. The average molecular weight is 217 g/mol. The minimum absolute atomic E-state index is 0.148. The molecule has 0 fully saturated rings. The molecule has 2 heterocycles. The highest BCUT2D eigenvalue weighted by atomic mass is 16.4. The van der Waals surface area contributed by atoms with Gasteiger partial charge in [0.15, 0.2) is 11.3 Å². The van der Waals surface area contributed by atoms with Crippen molar-refractivity contribution in [3.8, 4) is 0 Å². The summed E-state index contributed by atoms with van der Waals surface area (Å²) >= 11 is 0. The van der Waals surface area contributed by atoms with E-state index in [1.54, 1.807) is 6.07 Å². The van der Waals surface area contributed by atoms with Crippen LogP contribution >= 0.6 is 0 Å². The van der Waals surface area contributed by atoms with Crippen LogP contribution in [-0.4, -0.2) is 21.0 Å². The fraction of sp³-hybridized carbons (Fsp3) is 0.182. The van der Waals surface area contributed by atoms with Crippen molar-refractivity contribution in [3.05, 3.63) is 29.1 Å². The highest BCUT2D eigenvalue weighted by Crippen LogP contribution is 2.21. The molecule has 3 N–H and O–H groups in total. The van der Waals surface area contributed by atoms with Crippen LogP contribution in [0.4, 0.5) is 5.69 Å². The van der Waals surface area contributed by atoms with Crippen LogP contribution < -0.4 is 5.73 Å². The highest BCUT2D eigenvalue weighted by molar-refractivity contribution is 5.95. The summed E-state index contributed by atoms with van der Waals surface area (Å²) in [5.41, 5.74) is 7.85. The predicted molar refractivity (Wildman–Crippen MR) is 60.4 cm³/mol. The number of anilines is 1. The fourth-order valence-corrected chi connectivity index (χ4v) is 1.66. The van der Waals surface area contributed by atoms with Crippen LogP contribution in [0.3, 0.4) is 0 Å². The van der Waals surface area contributed by atoms with Gasteiger partial charge in [-0.25, -0.2) is 14.8 Å². The van der Waals surface area contributed by atoms with Crippen molar-refractivity contribution in [3.63, 3.8) is 0 Å². The van der Waals surface area contributed by atoms with Gasteiger partial charge in [-0.1, -0.05) is 0 Å². The minimum atomic E-state index is -1.14. The van der Waals surface area contributed by atoms with E-state index in [1.165, 1.54) is 0 Å². The first-order valence-corrected chi connectivity index (χ1v) is 4.77. The van der Waals surface area contributed by atoms with E-state index < -0.39 is 5.97 Å². The lowest BCUT2D eigenvalue weighted by molar-refractivity contribution is 0.0692. The van der Waals surface area contributed by atoms with Crippen LogP contribution in [0.2, 0.25) is 0 Å². The summed E-state index contributed by atoms with van der Waals surface area (Å²) in [6, 6.07) is 3.51. The molecule has 16 heavy (non-hydrogen) atoms. The second-order valence-electron chi connectivity index (χ2n) is 3.68. The third-order valence-corrected chi connectivity index (χ3v) is 2.37. The zero-order valence-corrected chi connectivity index (χ0v) is 8.98. The van der Waals surface area contributed by atoms with Crippen LogP contribution in [0.25, 0.3) is 11.0 Å². The molecule has 0 amide bonds. The third-order valence-electron chi connectivity index (χ3n) is 2.37. The molecule has 0 spiro atoms. The van der Waals surface area contributed by atoms with Gasteiger partial charge in [-0.2, -0.15) is 0 Å². The Labute approximate surface area is 91.9 Å². The van der Waals surface area contributed by atoms with Crippen molar-refractivity contribution >= 4 is 22.7 Å². The number of nitrogens with zero attached hydrogens (tertiary/aromatic N) is 2. The smallest absolute Gasteiger partial charge is 0.356 e. The number of carboxylic acid groups (broad SMARTS) is 1. The van der Waals surface area contributed by atoms with E-state index >= 15 is 0 Å². The molecule has 0 aliphatic carbocycles. The van der Waals surface area contributed by atoms with Crippen molar-refractivity contribution in [2.45, 2.75) is 13.8 Å². The average Bonchev–Trinajstić information content (AvgIpc) is 2.18. The predicted octanol–water partition coefficient (Wildman–Crippen LogP) is 1.53. The van der Waals surface area contributed by atoms with E-state index in [0.717, 1.165) is 16.6 Å². The lowest BCUT2D eigenvalue weighted by Gasteiger charge is -2.06. The van der Waals surface area contributed by atoms with Gasteiger partial charge in [-0.3, -0.25) is 0 Å². The maximum atomic E-state index is 10.9. The number of aromatic nitrogens is 2. The van der Waals surface area contributed by atoms with E-state index in [9.17, 15) is 4.79 Å². The van der Waals surface area contributed by atoms with Gasteiger partial charge in [0.05, 0.1) is 5.69 Å². The molecule has 0 aliphatic rings. The quantitative estimate of drug-likeness (QED) is 0.756. The third kappa shape index (κ3) is 1.56. The van der Waals surface area contributed by atoms with Gasteiger partial charge in [0.25, 0.3) is 0 Å². The molecule has 0 unspecified atom stereocenters. The van der Waals surface area contributed by atoms with Crippen molar-refractivity contribution in [2.75, 3.05) is 5.73 Å². The first kappa shape index (κ1) is 10.4. The van der Waals surface area contributed by atoms with Crippen LogP contribution in [0, 0.1) is 13.8 Å². The molecule has 0 bridgehead atoms. The largest absolute Gasteiger partial charge is 0.476 e. The Balaban J connectivity index is 2.84. The SMILES string of the molecule is Cc1cc(C)c2cc(N)c(C(=O)O)nc2n1. The van der Waals surface area contributed by atoms with Gasteiger partial charge in [-0.15, -0.1) is 0 Å². The number of fused-ring (bicyclic) bond motifs is 1. The second-order valence-corrected chi connectivity index (χ2v) is 3.68. The van der Waals surface area contributed by atoms with Gasteiger partial charge in [0, 0.05) is 11.1 Å². The van der Waals surface area contributed by atoms with Crippen molar-refractivity contribution in [1.29, 1.82) is 0 Å². The van der Waals surface area contributed by atoms with E-state index in [-0.39, 0.29) is 11.4 Å². The molecule has 5 nitrogen and oxygen atoms in total. The van der Waals surface area contributed by atoms with Gasteiger partial charge < -0.3 is 10.8 Å². The summed E-state index contributed by atoms with van der Waals surface area (Å²) in [4.78, 5) is 19.0. The summed E-state index contributed by atoms with van der Waals surface area (Å²) in [6.45, 7) is 3.75. The van der Waals surface area contributed by atoms with Gasteiger partial charge in [0.1, 0.15) is 0 Å². The summed E-state index contributed by atoms with van der Waals surface area (Å²) in [5, 5.41) is 9.68. The van der Waals surface area contributed by atoms with Gasteiger partial charge >= 0.3 is 5.97 Å².